The Labute approximate surface area is 380 Å². The van der Waals surface area contributed by atoms with E-state index in [2.05, 4.69) is 23.8 Å². The third kappa shape index (κ3) is 13.1. The molecule has 338 valence electrons. The first-order valence-electron chi connectivity index (χ1n) is 24.5. The number of phenolic OH excluding ortho intramolecular Hbond substituents is 2. The summed E-state index contributed by atoms with van der Waals surface area (Å²) in [7, 11) is 0. The lowest BCUT2D eigenvalue weighted by Crippen LogP contribution is -1.98. The van der Waals surface area contributed by atoms with Crippen molar-refractivity contribution in [3.05, 3.63) is 95.6 Å². The molecule has 0 atom stereocenters. The molecule has 0 aliphatic carbocycles. The second kappa shape index (κ2) is 24.3. The molecule has 4 N–H and O–H groups in total. The van der Waals surface area contributed by atoms with Gasteiger partial charge in [0.15, 0.2) is 23.0 Å². The van der Waals surface area contributed by atoms with E-state index in [-0.39, 0.29) is 11.5 Å². The Bertz CT molecular complexity index is 2320. The van der Waals surface area contributed by atoms with Crippen molar-refractivity contribution < 1.29 is 19.7 Å². The Kier molecular flexibility index (Phi) is 17.6. The van der Waals surface area contributed by atoms with Gasteiger partial charge < -0.3 is 29.7 Å². The van der Waals surface area contributed by atoms with E-state index < -0.39 is 0 Å². The van der Waals surface area contributed by atoms with Crippen LogP contribution in [0, 0.1) is 0 Å². The predicted octanol–water partition coefficient (Wildman–Crippen LogP) is 16.0. The number of unbranched alkanes of at least 4 members (excludes halogenated alkanes) is 18. The van der Waals surface area contributed by atoms with E-state index in [1.54, 1.807) is 12.1 Å². The van der Waals surface area contributed by atoms with Gasteiger partial charge in [0, 0.05) is 33.2 Å². The number of phenols is 2. The molecule has 8 bridgehead atoms. The molecule has 8 heteroatoms. The number of fused-ring (bicyclic) bond motifs is 8. The molecule has 0 saturated carbocycles. The summed E-state index contributed by atoms with van der Waals surface area (Å²) < 4.78 is 12.1. The Morgan fingerprint density at radius 2 is 0.797 bits per heavy atom. The lowest BCUT2D eigenvalue weighted by atomic mass is 10.0. The zero-order valence-electron chi connectivity index (χ0n) is 38.4. The van der Waals surface area contributed by atoms with Gasteiger partial charge in [0.05, 0.1) is 36.0 Å². The van der Waals surface area contributed by atoms with E-state index in [4.69, 9.17) is 19.4 Å². The normalized spacial score (nSPS) is 12.0. The third-order valence-corrected chi connectivity index (χ3v) is 12.4. The fraction of sp³-hybridized carbons (Fsp3) is 0.429. The highest BCUT2D eigenvalue weighted by Crippen LogP contribution is 2.38. The largest absolute Gasteiger partial charge is 0.504 e. The second-order valence-corrected chi connectivity index (χ2v) is 17.6. The number of aromatic hydroxyl groups is 2. The van der Waals surface area contributed by atoms with Crippen molar-refractivity contribution in [1.29, 1.82) is 0 Å². The molecular formula is C56H70N4O4. The summed E-state index contributed by atoms with van der Waals surface area (Å²) in [6.07, 6.45) is 33.4. The standard InChI is InChI=1S/C56H70N4O4/c1-3-5-7-9-11-13-15-17-19-21-35-63-53-33-23-41(37-51(53)61)55-47-29-25-43(57-47)39-45-27-31-49(59-45)56(50-32-28-46(60-50)40-44-26-30-48(55)58-44)42-24-34-54(52(62)38-42)64-36-22-20-18-16-14-12-10-8-6-4-2/h23-34,37-40,57,60-62H,3-22,35-36H2,1-2H3. The van der Waals surface area contributed by atoms with Crippen molar-refractivity contribution >= 4 is 46.4 Å². The van der Waals surface area contributed by atoms with E-state index in [0.29, 0.717) is 24.7 Å². The zero-order valence-corrected chi connectivity index (χ0v) is 38.4. The molecule has 0 saturated heterocycles. The molecule has 5 heterocycles. The highest BCUT2D eigenvalue weighted by atomic mass is 16.5. The number of aromatic nitrogens is 4. The van der Waals surface area contributed by atoms with Gasteiger partial charge in [0.2, 0.25) is 0 Å². The van der Waals surface area contributed by atoms with Crippen molar-refractivity contribution in [3.8, 4) is 45.3 Å². The van der Waals surface area contributed by atoms with Crippen molar-refractivity contribution in [1.82, 2.24) is 19.9 Å². The molecule has 8 nitrogen and oxygen atoms in total. The van der Waals surface area contributed by atoms with Crippen LogP contribution >= 0.6 is 0 Å². The maximum Gasteiger partial charge on any atom is 0.160 e. The first kappa shape index (κ1) is 46.2. The van der Waals surface area contributed by atoms with Crippen molar-refractivity contribution in [3.63, 3.8) is 0 Å². The van der Waals surface area contributed by atoms with E-state index >= 15 is 0 Å². The first-order valence-corrected chi connectivity index (χ1v) is 24.5. The molecule has 7 rings (SSSR count). The quantitative estimate of drug-likeness (QED) is 0.0403. The molecule has 64 heavy (non-hydrogen) atoms. The third-order valence-electron chi connectivity index (χ3n) is 12.4. The molecule has 3 aromatic heterocycles. The SMILES string of the molecule is CCCCCCCCCCCCOc1ccc(-c2c3nc(cc4ccc([nH]4)c(-c4ccc(OCCCCCCCCCCCC)c(O)c4)c4nc(cc5ccc2[nH]5)C=C4)C=C3)cc1O. The van der Waals surface area contributed by atoms with Crippen molar-refractivity contribution in [2.24, 2.45) is 0 Å². The average Bonchev–Trinajstić information content (AvgIpc) is 4.14. The van der Waals surface area contributed by atoms with Crippen LogP contribution in [0.1, 0.15) is 165 Å². The van der Waals surface area contributed by atoms with Crippen LogP contribution in [0.4, 0.5) is 0 Å². The van der Waals surface area contributed by atoms with E-state index in [9.17, 15) is 10.2 Å². The number of benzene rings is 2. The predicted molar refractivity (Wildman–Crippen MR) is 268 cm³/mol. The molecule has 0 fully saturated rings. The smallest absolute Gasteiger partial charge is 0.160 e. The van der Waals surface area contributed by atoms with Gasteiger partial charge in [-0.15, -0.1) is 0 Å². The topological polar surface area (TPSA) is 116 Å². The number of ether oxygens (including phenoxy) is 2. The van der Waals surface area contributed by atoms with Gasteiger partial charge in [-0.3, -0.25) is 0 Å². The maximum absolute atomic E-state index is 11.2. The molecule has 0 radical (unpaired) electrons. The lowest BCUT2D eigenvalue weighted by molar-refractivity contribution is 0.289. The van der Waals surface area contributed by atoms with Crippen molar-refractivity contribution in [2.45, 2.75) is 142 Å². The average molecular weight is 863 g/mol. The molecular weight excluding hydrogens is 793 g/mol. The maximum atomic E-state index is 11.2. The summed E-state index contributed by atoms with van der Waals surface area (Å²) in [5.41, 5.74) is 10.1. The summed E-state index contributed by atoms with van der Waals surface area (Å²) >= 11 is 0. The first-order chi connectivity index (χ1) is 31.5. The monoisotopic (exact) mass is 863 g/mol. The van der Waals surface area contributed by atoms with Crippen LogP contribution in [0.3, 0.4) is 0 Å². The van der Waals surface area contributed by atoms with Gasteiger partial charge >= 0.3 is 0 Å². The molecule has 5 aromatic rings. The molecule has 0 spiro atoms. The second-order valence-electron chi connectivity index (χ2n) is 17.6. The van der Waals surface area contributed by atoms with Gasteiger partial charge in [0.1, 0.15) is 0 Å². The van der Waals surface area contributed by atoms with Gasteiger partial charge in [0.25, 0.3) is 0 Å². The number of nitrogens with zero attached hydrogens (tertiary/aromatic N) is 2. The zero-order chi connectivity index (χ0) is 44.4. The molecule has 2 aliphatic rings. The minimum absolute atomic E-state index is 0.111. The number of aromatic amines is 2. The summed E-state index contributed by atoms with van der Waals surface area (Å²) in [5.74, 6) is 1.21. The Morgan fingerprint density at radius 3 is 1.17 bits per heavy atom. The minimum Gasteiger partial charge on any atom is -0.504 e. The van der Waals surface area contributed by atoms with Gasteiger partial charge in [-0.05, 0) is 109 Å². The Hall–Kier alpha value is -5.76. The Morgan fingerprint density at radius 1 is 0.422 bits per heavy atom. The number of hydrogen-bond acceptors (Lipinski definition) is 6. The summed E-state index contributed by atoms with van der Waals surface area (Å²) in [6.45, 7) is 5.69. The number of rotatable bonds is 26. The summed E-state index contributed by atoms with van der Waals surface area (Å²) in [4.78, 5) is 17.3. The van der Waals surface area contributed by atoms with Gasteiger partial charge in [-0.25, -0.2) is 9.97 Å². The van der Waals surface area contributed by atoms with E-state index in [1.165, 1.54) is 103 Å². The molecule has 0 unspecified atom stereocenters. The fourth-order valence-corrected chi connectivity index (χ4v) is 8.81. The van der Waals surface area contributed by atoms with E-state index in [0.717, 1.165) is 92.8 Å². The molecule has 2 aromatic carbocycles. The van der Waals surface area contributed by atoms with Crippen LogP contribution in [0.5, 0.6) is 23.0 Å². The minimum atomic E-state index is 0.111. The molecule has 0 amide bonds. The van der Waals surface area contributed by atoms with Crippen LogP contribution < -0.4 is 9.47 Å². The summed E-state index contributed by atoms with van der Waals surface area (Å²) in [6, 6.07) is 23.5. The van der Waals surface area contributed by atoms with Crippen LogP contribution in [-0.2, 0) is 0 Å². The van der Waals surface area contributed by atoms with Gasteiger partial charge in [-0.1, -0.05) is 142 Å². The van der Waals surface area contributed by atoms with Gasteiger partial charge in [-0.2, -0.15) is 0 Å². The number of nitrogens with one attached hydrogen (secondary N) is 2. The highest BCUT2D eigenvalue weighted by Gasteiger charge is 2.16. The highest BCUT2D eigenvalue weighted by molar-refractivity contribution is 5.93. The van der Waals surface area contributed by atoms with Crippen LogP contribution in [0.2, 0.25) is 0 Å². The number of H-pyrrole nitrogens is 2. The van der Waals surface area contributed by atoms with Crippen LogP contribution in [0.25, 0.3) is 68.6 Å². The van der Waals surface area contributed by atoms with Crippen molar-refractivity contribution in [2.75, 3.05) is 13.2 Å². The lowest BCUT2D eigenvalue weighted by Gasteiger charge is -2.11. The van der Waals surface area contributed by atoms with E-state index in [1.807, 2.05) is 85.0 Å². The van der Waals surface area contributed by atoms with Crippen LogP contribution in [-0.4, -0.2) is 43.4 Å². The fourth-order valence-electron chi connectivity index (χ4n) is 8.81. The number of hydrogen-bond donors (Lipinski definition) is 4. The van der Waals surface area contributed by atoms with Crippen LogP contribution in [0.15, 0.2) is 72.8 Å². The summed E-state index contributed by atoms with van der Waals surface area (Å²) in [5, 5.41) is 22.4. The Balaban J connectivity index is 1.07. The molecule has 2 aliphatic heterocycles.